The van der Waals surface area contributed by atoms with E-state index in [1.165, 1.54) is 55.8 Å². The van der Waals surface area contributed by atoms with Crippen LogP contribution in [0.4, 0.5) is 5.69 Å². The second kappa shape index (κ2) is 11.7. The molecule has 0 bridgehead atoms. The Morgan fingerprint density at radius 3 is 1.62 bits per heavy atom. The van der Waals surface area contributed by atoms with Gasteiger partial charge in [0.2, 0.25) is 11.8 Å². The van der Waals surface area contributed by atoms with Gasteiger partial charge in [-0.05, 0) is 118 Å². The SMILES string of the molecule is Cc1cc(C2(c3ccc(-n4c(O)c5ccc(-c6ccc7c(O)ccc(O)c7c6)cc5c4O)c(C)c3)c3ccccc3-c3ccccc32)ccc1N(C)C. The molecule has 4 N–H and O–H groups in total. The Kier molecular flexibility index (Phi) is 7.11. The summed E-state index contributed by atoms with van der Waals surface area (Å²) in [4.78, 5) is 2.14. The van der Waals surface area contributed by atoms with Crippen LogP contribution in [-0.4, -0.2) is 39.1 Å². The Hall–Kier alpha value is -6.66. The highest BCUT2D eigenvalue weighted by Gasteiger charge is 2.46. The molecule has 6 nitrogen and oxygen atoms in total. The number of fused-ring (bicyclic) bond motifs is 5. The fraction of sp³-hybridized carbons (Fsp3) is 0.106. The van der Waals surface area contributed by atoms with E-state index in [1.54, 1.807) is 12.1 Å². The van der Waals surface area contributed by atoms with Crippen LogP contribution in [0, 0.1) is 13.8 Å². The molecule has 1 aliphatic rings. The monoisotopic (exact) mass is 694 g/mol. The van der Waals surface area contributed by atoms with Crippen LogP contribution in [0.25, 0.3) is 49.5 Å². The Bertz CT molecular complexity index is 2750. The Morgan fingerprint density at radius 2 is 1.02 bits per heavy atom. The number of benzene rings is 7. The average molecular weight is 695 g/mol. The van der Waals surface area contributed by atoms with Gasteiger partial charge in [0.25, 0.3) is 0 Å². The lowest BCUT2D eigenvalue weighted by Crippen LogP contribution is -2.29. The summed E-state index contributed by atoms with van der Waals surface area (Å²) in [6.45, 7) is 4.18. The third-order valence-corrected chi connectivity index (χ3v) is 11.2. The third-order valence-electron chi connectivity index (χ3n) is 11.2. The number of hydrogen-bond acceptors (Lipinski definition) is 5. The second-order valence-electron chi connectivity index (χ2n) is 14.3. The van der Waals surface area contributed by atoms with Crippen molar-refractivity contribution in [3.8, 4) is 51.2 Å². The highest BCUT2D eigenvalue weighted by atomic mass is 16.3. The maximum atomic E-state index is 11.8. The molecule has 0 saturated heterocycles. The number of rotatable bonds is 5. The molecule has 9 rings (SSSR count). The molecule has 0 amide bonds. The first kappa shape index (κ1) is 32.3. The molecule has 0 fully saturated rings. The molecular formula is C47H38N2O4. The summed E-state index contributed by atoms with van der Waals surface area (Å²) in [5.41, 5.74) is 12.0. The van der Waals surface area contributed by atoms with Gasteiger partial charge in [0.15, 0.2) is 0 Å². The van der Waals surface area contributed by atoms with Gasteiger partial charge in [0.1, 0.15) is 11.5 Å². The van der Waals surface area contributed by atoms with E-state index in [4.69, 9.17) is 0 Å². The van der Waals surface area contributed by atoms with E-state index in [2.05, 4.69) is 105 Å². The topological polar surface area (TPSA) is 89.1 Å². The molecule has 7 aromatic carbocycles. The predicted octanol–water partition coefficient (Wildman–Crippen LogP) is 10.3. The van der Waals surface area contributed by atoms with Crippen molar-refractivity contribution in [3.05, 3.63) is 167 Å². The van der Waals surface area contributed by atoms with Crippen molar-refractivity contribution < 1.29 is 20.4 Å². The highest BCUT2D eigenvalue weighted by molar-refractivity contribution is 5.99. The van der Waals surface area contributed by atoms with Gasteiger partial charge in [0, 0.05) is 41.3 Å². The van der Waals surface area contributed by atoms with Gasteiger partial charge >= 0.3 is 0 Å². The highest BCUT2D eigenvalue weighted by Crippen LogP contribution is 2.57. The van der Waals surface area contributed by atoms with Crippen molar-refractivity contribution in [2.75, 3.05) is 19.0 Å². The van der Waals surface area contributed by atoms with Crippen LogP contribution in [0.2, 0.25) is 0 Å². The van der Waals surface area contributed by atoms with Crippen LogP contribution in [0.1, 0.15) is 33.4 Å². The largest absolute Gasteiger partial charge is 0.507 e. The van der Waals surface area contributed by atoms with Crippen LogP contribution in [0.3, 0.4) is 0 Å². The van der Waals surface area contributed by atoms with E-state index in [1.807, 2.05) is 37.3 Å². The maximum Gasteiger partial charge on any atom is 0.206 e. The molecule has 1 aliphatic carbocycles. The molecule has 1 aromatic heterocycles. The molecule has 0 spiro atoms. The van der Waals surface area contributed by atoms with Crippen molar-refractivity contribution in [1.29, 1.82) is 0 Å². The third kappa shape index (κ3) is 4.58. The van der Waals surface area contributed by atoms with Crippen molar-refractivity contribution in [2.45, 2.75) is 19.3 Å². The maximum absolute atomic E-state index is 11.8. The first-order valence-corrected chi connectivity index (χ1v) is 17.7. The van der Waals surface area contributed by atoms with Crippen LogP contribution in [0.15, 0.2) is 133 Å². The van der Waals surface area contributed by atoms with Crippen molar-refractivity contribution >= 4 is 27.2 Å². The predicted molar refractivity (Wildman–Crippen MR) is 214 cm³/mol. The summed E-state index contributed by atoms with van der Waals surface area (Å²) in [6, 6.07) is 44.3. The van der Waals surface area contributed by atoms with E-state index in [0.717, 1.165) is 22.3 Å². The Labute approximate surface area is 307 Å². The number of aromatic nitrogens is 1. The van der Waals surface area contributed by atoms with Crippen LogP contribution in [0.5, 0.6) is 23.3 Å². The molecule has 8 aromatic rings. The summed E-state index contributed by atoms with van der Waals surface area (Å²) in [6.07, 6.45) is 0. The smallest absolute Gasteiger partial charge is 0.206 e. The molecule has 0 radical (unpaired) electrons. The number of aryl methyl sites for hydroxylation is 2. The quantitative estimate of drug-likeness (QED) is 0.135. The second-order valence-corrected chi connectivity index (χ2v) is 14.3. The zero-order valence-electron chi connectivity index (χ0n) is 29.9. The summed E-state index contributed by atoms with van der Waals surface area (Å²) in [5, 5.41) is 46.3. The van der Waals surface area contributed by atoms with Gasteiger partial charge < -0.3 is 25.3 Å². The molecule has 6 heteroatoms. The summed E-state index contributed by atoms with van der Waals surface area (Å²) in [7, 11) is 4.13. The van der Waals surface area contributed by atoms with E-state index < -0.39 is 5.41 Å². The molecule has 0 atom stereocenters. The molecular weight excluding hydrogens is 657 g/mol. The first-order chi connectivity index (χ1) is 25.6. The van der Waals surface area contributed by atoms with Gasteiger partial charge in [-0.2, -0.15) is 0 Å². The van der Waals surface area contributed by atoms with E-state index in [-0.39, 0.29) is 23.3 Å². The zero-order chi connectivity index (χ0) is 36.8. The van der Waals surface area contributed by atoms with Crippen LogP contribution >= 0.6 is 0 Å². The van der Waals surface area contributed by atoms with Gasteiger partial charge in [-0.25, -0.2) is 0 Å². The van der Waals surface area contributed by atoms with Crippen LogP contribution < -0.4 is 4.90 Å². The average Bonchev–Trinajstić information content (AvgIpc) is 3.60. The fourth-order valence-corrected chi connectivity index (χ4v) is 8.72. The lowest BCUT2D eigenvalue weighted by atomic mass is 9.67. The van der Waals surface area contributed by atoms with Gasteiger partial charge in [-0.3, -0.25) is 4.57 Å². The van der Waals surface area contributed by atoms with Crippen molar-refractivity contribution in [3.63, 3.8) is 0 Å². The summed E-state index contributed by atoms with van der Waals surface area (Å²) < 4.78 is 1.51. The first-order valence-electron chi connectivity index (χ1n) is 17.7. The lowest BCUT2D eigenvalue weighted by molar-refractivity contribution is 0.406. The van der Waals surface area contributed by atoms with Crippen LogP contribution in [-0.2, 0) is 5.41 Å². The minimum Gasteiger partial charge on any atom is -0.507 e. The normalized spacial score (nSPS) is 13.0. The fourth-order valence-electron chi connectivity index (χ4n) is 8.72. The van der Waals surface area contributed by atoms with Crippen molar-refractivity contribution in [2.24, 2.45) is 0 Å². The van der Waals surface area contributed by atoms with E-state index >= 15 is 0 Å². The molecule has 260 valence electrons. The van der Waals surface area contributed by atoms with Gasteiger partial charge in [0.05, 0.1) is 11.1 Å². The zero-order valence-corrected chi connectivity index (χ0v) is 29.9. The lowest BCUT2D eigenvalue weighted by Gasteiger charge is -2.35. The summed E-state index contributed by atoms with van der Waals surface area (Å²) in [5.74, 6) is 0.0311. The van der Waals surface area contributed by atoms with E-state index in [0.29, 0.717) is 27.2 Å². The number of phenolic OH excluding ortho intramolecular Hbond substituents is 2. The molecule has 0 aliphatic heterocycles. The minimum atomic E-state index is -0.600. The Morgan fingerprint density at radius 1 is 0.491 bits per heavy atom. The molecule has 1 heterocycles. The van der Waals surface area contributed by atoms with Gasteiger partial charge in [-0.1, -0.05) is 84.9 Å². The molecule has 0 unspecified atom stereocenters. The minimum absolute atomic E-state index is 0.0536. The summed E-state index contributed by atoms with van der Waals surface area (Å²) >= 11 is 0. The number of phenols is 2. The number of hydrogen-bond donors (Lipinski definition) is 4. The van der Waals surface area contributed by atoms with E-state index in [9.17, 15) is 20.4 Å². The number of nitrogens with zero attached hydrogens (tertiary/aromatic N) is 2. The molecule has 53 heavy (non-hydrogen) atoms. The Balaban J connectivity index is 1.21. The number of anilines is 1. The standard InChI is InChI=1S/C47H38N2O4/c1-27-23-31(15-19-41(27)48(3)4)47(39-11-7-5-9-33(39)34-10-6-8-12-40(34)47)32-16-20-42(28(2)24-32)49-45(52)36-18-14-30(26-38(36)46(49)53)29-13-17-35-37(25-29)44(51)22-21-43(35)50/h5-26,50-53H,1-4H3. The number of aromatic hydroxyl groups is 4. The van der Waals surface area contributed by atoms with Crippen molar-refractivity contribution in [1.82, 2.24) is 4.57 Å². The van der Waals surface area contributed by atoms with Gasteiger partial charge in [-0.15, -0.1) is 0 Å². The molecule has 0 saturated carbocycles.